The van der Waals surface area contributed by atoms with Crippen molar-refractivity contribution < 1.29 is 18.0 Å². The van der Waals surface area contributed by atoms with Crippen LogP contribution in [-0.2, 0) is 12.7 Å². The zero-order valence-corrected chi connectivity index (χ0v) is 13.1. The summed E-state index contributed by atoms with van der Waals surface area (Å²) >= 11 is 6.06. The molecule has 25 heavy (non-hydrogen) atoms. The molecule has 0 saturated heterocycles. The number of aromatic amines is 1. The van der Waals surface area contributed by atoms with E-state index >= 15 is 0 Å². The maximum Gasteiger partial charge on any atom is 0.451 e. The third-order valence-corrected chi connectivity index (χ3v) is 3.53. The van der Waals surface area contributed by atoms with Crippen LogP contribution in [0.2, 0.25) is 5.02 Å². The first kappa shape index (κ1) is 17.0. The van der Waals surface area contributed by atoms with Crippen molar-refractivity contribution in [2.24, 2.45) is 0 Å². The van der Waals surface area contributed by atoms with Crippen LogP contribution < -0.4 is 5.32 Å². The Morgan fingerprint density at radius 1 is 1.32 bits per heavy atom. The van der Waals surface area contributed by atoms with Crippen molar-refractivity contribution >= 4 is 23.5 Å². The van der Waals surface area contributed by atoms with Crippen LogP contribution in [0.5, 0.6) is 0 Å². The van der Waals surface area contributed by atoms with Crippen LogP contribution in [0, 0.1) is 0 Å². The van der Waals surface area contributed by atoms with Gasteiger partial charge in [0, 0.05) is 11.2 Å². The first-order chi connectivity index (χ1) is 11.8. The molecule has 0 saturated carbocycles. The molecule has 3 aromatic rings. The number of rotatable bonds is 4. The van der Waals surface area contributed by atoms with Crippen LogP contribution in [0.3, 0.4) is 0 Å². The van der Waals surface area contributed by atoms with E-state index in [9.17, 15) is 18.0 Å². The van der Waals surface area contributed by atoms with Crippen LogP contribution in [0.1, 0.15) is 21.7 Å². The topological polar surface area (TPSA) is 88.5 Å². The lowest BCUT2D eigenvalue weighted by atomic mass is 10.2. The second kappa shape index (κ2) is 6.55. The lowest BCUT2D eigenvalue weighted by molar-refractivity contribution is -0.144. The number of carbonyl (C=O) groups is 1. The molecule has 0 aliphatic heterocycles. The fourth-order valence-electron chi connectivity index (χ4n) is 1.99. The lowest BCUT2D eigenvalue weighted by Gasteiger charge is -2.03. The van der Waals surface area contributed by atoms with Gasteiger partial charge in [0.2, 0.25) is 11.8 Å². The van der Waals surface area contributed by atoms with Crippen molar-refractivity contribution in [1.82, 2.24) is 25.0 Å². The van der Waals surface area contributed by atoms with Gasteiger partial charge in [-0.2, -0.15) is 23.3 Å². The normalized spacial score (nSPS) is 11.5. The number of carbonyl (C=O) groups excluding carboxylic acids is 1. The first-order valence-electron chi connectivity index (χ1n) is 6.90. The maximum atomic E-state index is 12.4. The fourth-order valence-corrected chi connectivity index (χ4v) is 2.18. The van der Waals surface area contributed by atoms with Gasteiger partial charge in [0.05, 0.1) is 18.3 Å². The highest BCUT2D eigenvalue weighted by molar-refractivity contribution is 6.31. The van der Waals surface area contributed by atoms with Gasteiger partial charge < -0.3 is 0 Å². The van der Waals surface area contributed by atoms with E-state index in [0.29, 0.717) is 11.6 Å². The van der Waals surface area contributed by atoms with Crippen molar-refractivity contribution in [1.29, 1.82) is 0 Å². The van der Waals surface area contributed by atoms with E-state index in [2.05, 4.69) is 20.5 Å². The quantitative estimate of drug-likeness (QED) is 0.739. The minimum Gasteiger partial charge on any atom is -0.289 e. The predicted octanol–water partition coefficient (Wildman–Crippen LogP) is 2.97. The van der Waals surface area contributed by atoms with E-state index in [4.69, 9.17) is 11.6 Å². The molecule has 0 spiro atoms. The van der Waals surface area contributed by atoms with Gasteiger partial charge in [0.15, 0.2) is 0 Å². The summed E-state index contributed by atoms with van der Waals surface area (Å²) in [5.41, 5.74) is 0.952. The molecule has 7 nitrogen and oxygen atoms in total. The molecular weight excluding hydrogens is 361 g/mol. The largest absolute Gasteiger partial charge is 0.451 e. The standard InChI is InChI=1S/C14H10ClF3N6O/c15-10-4-2-1-3-8(10)6-24-7-9(5-19-24)11(25)20-13-21-12(22-23-13)14(16,17)18/h1-5,7H,6H2,(H2,20,21,22,23,25). The van der Waals surface area contributed by atoms with Crippen LogP contribution in [0.15, 0.2) is 36.7 Å². The van der Waals surface area contributed by atoms with E-state index in [0.717, 1.165) is 5.56 Å². The molecule has 130 valence electrons. The number of anilines is 1. The average Bonchev–Trinajstić information content (AvgIpc) is 3.18. The summed E-state index contributed by atoms with van der Waals surface area (Å²) < 4.78 is 38.8. The van der Waals surface area contributed by atoms with Gasteiger partial charge >= 0.3 is 6.18 Å². The number of nitrogens with zero attached hydrogens (tertiary/aromatic N) is 4. The monoisotopic (exact) mass is 370 g/mol. The minimum atomic E-state index is -4.67. The summed E-state index contributed by atoms with van der Waals surface area (Å²) in [4.78, 5) is 15.2. The van der Waals surface area contributed by atoms with Crippen LogP contribution >= 0.6 is 11.6 Å². The van der Waals surface area contributed by atoms with Crippen molar-refractivity contribution in [3.63, 3.8) is 0 Å². The molecule has 0 unspecified atom stereocenters. The Kier molecular flexibility index (Phi) is 4.45. The van der Waals surface area contributed by atoms with Gasteiger partial charge in [-0.15, -0.1) is 5.10 Å². The van der Waals surface area contributed by atoms with Crippen LogP contribution in [-0.4, -0.2) is 30.9 Å². The second-order valence-electron chi connectivity index (χ2n) is 4.98. The number of amides is 1. The SMILES string of the molecule is O=C(Nc1n[nH]c(C(F)(F)F)n1)c1cnn(Cc2ccccc2Cl)c1. The number of alkyl halides is 3. The highest BCUT2D eigenvalue weighted by atomic mass is 35.5. The summed E-state index contributed by atoms with van der Waals surface area (Å²) in [6.45, 7) is 0.339. The number of aromatic nitrogens is 5. The van der Waals surface area contributed by atoms with Gasteiger partial charge in [0.25, 0.3) is 5.91 Å². The highest BCUT2D eigenvalue weighted by Crippen LogP contribution is 2.26. The molecule has 2 aromatic heterocycles. The summed E-state index contributed by atoms with van der Waals surface area (Å²) in [7, 11) is 0. The number of H-pyrrole nitrogens is 1. The molecule has 0 aliphatic carbocycles. The zero-order chi connectivity index (χ0) is 18.0. The van der Waals surface area contributed by atoms with Crippen LogP contribution in [0.25, 0.3) is 0 Å². The number of nitrogens with one attached hydrogen (secondary N) is 2. The Labute approximate surface area is 143 Å². The lowest BCUT2D eigenvalue weighted by Crippen LogP contribution is -2.13. The molecular formula is C14H10ClF3N6O. The first-order valence-corrected chi connectivity index (χ1v) is 7.27. The van der Waals surface area contributed by atoms with Gasteiger partial charge in [-0.3, -0.25) is 19.9 Å². The summed E-state index contributed by atoms with van der Waals surface area (Å²) in [5, 5.41) is 11.8. The molecule has 0 fully saturated rings. The molecule has 2 heterocycles. The van der Waals surface area contributed by atoms with Crippen molar-refractivity contribution in [3.05, 3.63) is 58.6 Å². The smallest absolute Gasteiger partial charge is 0.289 e. The molecule has 1 amide bonds. The average molecular weight is 371 g/mol. The van der Waals surface area contributed by atoms with E-state index in [-0.39, 0.29) is 5.56 Å². The molecule has 11 heteroatoms. The fraction of sp³-hybridized carbons (Fsp3) is 0.143. The Hall–Kier alpha value is -2.88. The summed E-state index contributed by atoms with van der Waals surface area (Å²) in [6, 6.07) is 7.16. The van der Waals surface area contributed by atoms with Crippen molar-refractivity contribution in [2.75, 3.05) is 5.32 Å². The van der Waals surface area contributed by atoms with Crippen molar-refractivity contribution in [2.45, 2.75) is 12.7 Å². The third kappa shape index (κ3) is 3.97. The highest BCUT2D eigenvalue weighted by Gasteiger charge is 2.35. The molecule has 2 N–H and O–H groups in total. The van der Waals surface area contributed by atoms with Gasteiger partial charge in [-0.25, -0.2) is 0 Å². The van der Waals surface area contributed by atoms with E-state index < -0.39 is 23.9 Å². The molecule has 0 radical (unpaired) electrons. The van der Waals surface area contributed by atoms with Gasteiger partial charge in [-0.05, 0) is 11.6 Å². The van der Waals surface area contributed by atoms with Gasteiger partial charge in [0.1, 0.15) is 0 Å². The Morgan fingerprint density at radius 2 is 2.08 bits per heavy atom. The summed E-state index contributed by atoms with van der Waals surface area (Å²) in [6.07, 6.45) is -1.95. The molecule has 0 aliphatic rings. The Bertz CT molecular complexity index is 904. The molecule has 0 bridgehead atoms. The number of hydrogen-bond acceptors (Lipinski definition) is 4. The van der Waals surface area contributed by atoms with E-state index in [1.165, 1.54) is 17.1 Å². The summed E-state index contributed by atoms with van der Waals surface area (Å²) in [5.74, 6) is -2.45. The number of hydrogen-bond donors (Lipinski definition) is 2. The Morgan fingerprint density at radius 3 is 2.76 bits per heavy atom. The second-order valence-corrected chi connectivity index (χ2v) is 5.38. The molecule has 1 aromatic carbocycles. The minimum absolute atomic E-state index is 0.144. The predicted molar refractivity (Wildman–Crippen MR) is 82.1 cm³/mol. The molecule has 3 rings (SSSR count). The van der Waals surface area contributed by atoms with Crippen molar-refractivity contribution in [3.8, 4) is 0 Å². The number of benzene rings is 1. The number of halogens is 4. The zero-order valence-electron chi connectivity index (χ0n) is 12.4. The maximum absolute atomic E-state index is 12.4. The van der Waals surface area contributed by atoms with E-state index in [1.54, 1.807) is 17.2 Å². The van der Waals surface area contributed by atoms with Gasteiger partial charge in [-0.1, -0.05) is 29.8 Å². The molecule has 0 atom stereocenters. The van der Waals surface area contributed by atoms with E-state index in [1.807, 2.05) is 12.1 Å². The Balaban J connectivity index is 1.68. The third-order valence-electron chi connectivity index (χ3n) is 3.16. The van der Waals surface area contributed by atoms with Crippen LogP contribution in [0.4, 0.5) is 19.1 Å².